The van der Waals surface area contributed by atoms with Crippen LogP contribution in [0.15, 0.2) is 72.9 Å². The Bertz CT molecular complexity index is 1030. The number of amides is 2. The van der Waals surface area contributed by atoms with E-state index in [1.807, 2.05) is 54.6 Å². The average molecular weight is 416 g/mol. The van der Waals surface area contributed by atoms with Gasteiger partial charge >= 0.3 is 0 Å². The van der Waals surface area contributed by atoms with Gasteiger partial charge in [0, 0.05) is 18.7 Å². The number of benzene rings is 2. The summed E-state index contributed by atoms with van der Waals surface area (Å²) in [6.45, 7) is -0.214. The van der Waals surface area contributed by atoms with Crippen LogP contribution in [0.25, 0.3) is 0 Å². The quantitative estimate of drug-likeness (QED) is 0.491. The molecule has 1 heterocycles. The van der Waals surface area contributed by atoms with Gasteiger partial charge in [-0.15, -0.1) is 0 Å². The van der Waals surface area contributed by atoms with Crippen LogP contribution in [-0.4, -0.2) is 29.4 Å². The molecule has 1 aromatic heterocycles. The number of rotatable bonds is 8. The second-order valence-electron chi connectivity index (χ2n) is 7.41. The van der Waals surface area contributed by atoms with Crippen molar-refractivity contribution in [2.45, 2.75) is 25.3 Å². The van der Waals surface area contributed by atoms with E-state index in [9.17, 15) is 9.59 Å². The van der Waals surface area contributed by atoms with Crippen molar-refractivity contribution >= 4 is 17.6 Å². The lowest BCUT2D eigenvalue weighted by Gasteiger charge is -2.12. The molecule has 0 unspecified atom stereocenters. The number of anilines is 1. The van der Waals surface area contributed by atoms with Gasteiger partial charge in [-0.1, -0.05) is 48.5 Å². The zero-order valence-corrected chi connectivity index (χ0v) is 17.0. The van der Waals surface area contributed by atoms with Crippen LogP contribution < -0.4 is 20.9 Å². The van der Waals surface area contributed by atoms with E-state index in [4.69, 9.17) is 4.74 Å². The summed E-state index contributed by atoms with van der Waals surface area (Å²) in [4.78, 5) is 28.5. The lowest BCUT2D eigenvalue weighted by atomic mass is 10.0. The zero-order chi connectivity index (χ0) is 21.5. The third kappa shape index (κ3) is 6.05. The number of para-hydroxylation sites is 1. The number of ether oxygens (including phenoxy) is 1. The van der Waals surface area contributed by atoms with Crippen molar-refractivity contribution in [3.63, 3.8) is 0 Å². The predicted molar refractivity (Wildman–Crippen MR) is 118 cm³/mol. The van der Waals surface area contributed by atoms with Crippen molar-refractivity contribution < 1.29 is 14.3 Å². The second-order valence-corrected chi connectivity index (χ2v) is 7.41. The monoisotopic (exact) mass is 416 g/mol. The van der Waals surface area contributed by atoms with Gasteiger partial charge in [-0.25, -0.2) is 4.98 Å². The van der Waals surface area contributed by atoms with Crippen molar-refractivity contribution in [2.24, 2.45) is 0 Å². The highest BCUT2D eigenvalue weighted by Gasteiger charge is 2.21. The maximum absolute atomic E-state index is 12.2. The first-order valence-electron chi connectivity index (χ1n) is 10.2. The minimum atomic E-state index is -0.456. The minimum Gasteiger partial charge on any atom is -0.483 e. The van der Waals surface area contributed by atoms with Crippen LogP contribution in [0.5, 0.6) is 5.75 Å². The Morgan fingerprint density at radius 1 is 0.935 bits per heavy atom. The predicted octanol–water partition coefficient (Wildman–Crippen LogP) is 3.09. The van der Waals surface area contributed by atoms with Gasteiger partial charge < -0.3 is 10.1 Å². The third-order valence-corrected chi connectivity index (χ3v) is 4.84. The van der Waals surface area contributed by atoms with Crippen molar-refractivity contribution in [1.82, 2.24) is 15.8 Å². The summed E-state index contributed by atoms with van der Waals surface area (Å²) in [5.74, 6) is 0.479. The summed E-state index contributed by atoms with van der Waals surface area (Å²) in [6, 6.07) is 21.5. The van der Waals surface area contributed by atoms with Crippen LogP contribution in [0.2, 0.25) is 0 Å². The number of carbonyl (C=O) groups excluding carboxylic acids is 2. The number of pyridine rings is 1. The molecule has 0 spiro atoms. The van der Waals surface area contributed by atoms with Crippen LogP contribution >= 0.6 is 0 Å². The molecule has 31 heavy (non-hydrogen) atoms. The Morgan fingerprint density at radius 2 is 1.71 bits per heavy atom. The van der Waals surface area contributed by atoms with Crippen LogP contribution in [0.3, 0.4) is 0 Å². The molecular weight excluding hydrogens is 392 g/mol. The van der Waals surface area contributed by atoms with E-state index < -0.39 is 11.8 Å². The first-order valence-corrected chi connectivity index (χ1v) is 10.2. The number of nitrogens with one attached hydrogen (secondary N) is 3. The molecule has 1 aliphatic rings. The smallest absolute Gasteiger partial charge is 0.276 e. The van der Waals surface area contributed by atoms with Gasteiger partial charge in [-0.05, 0) is 42.2 Å². The molecule has 0 bridgehead atoms. The molecule has 1 saturated carbocycles. The van der Waals surface area contributed by atoms with Crippen molar-refractivity contribution in [1.29, 1.82) is 0 Å². The third-order valence-electron chi connectivity index (χ3n) is 4.84. The van der Waals surface area contributed by atoms with Gasteiger partial charge in [0.2, 0.25) is 0 Å². The van der Waals surface area contributed by atoms with Crippen molar-refractivity contribution in [2.75, 3.05) is 11.9 Å². The molecule has 3 N–H and O–H groups in total. The largest absolute Gasteiger partial charge is 0.483 e. The van der Waals surface area contributed by atoms with Gasteiger partial charge in [0.25, 0.3) is 11.8 Å². The molecule has 7 nitrogen and oxygen atoms in total. The highest BCUT2D eigenvalue weighted by molar-refractivity contribution is 5.95. The maximum Gasteiger partial charge on any atom is 0.276 e. The highest BCUT2D eigenvalue weighted by atomic mass is 16.5. The van der Waals surface area contributed by atoms with E-state index in [-0.39, 0.29) is 6.61 Å². The topological polar surface area (TPSA) is 92.4 Å². The number of hydrogen-bond donors (Lipinski definition) is 3. The fourth-order valence-corrected chi connectivity index (χ4v) is 3.03. The zero-order valence-electron chi connectivity index (χ0n) is 17.0. The summed E-state index contributed by atoms with van der Waals surface area (Å²) in [5.41, 5.74) is 7.25. The van der Waals surface area contributed by atoms with E-state index in [0.717, 1.165) is 29.8 Å². The molecule has 0 aliphatic heterocycles. The fourth-order valence-electron chi connectivity index (χ4n) is 3.03. The van der Waals surface area contributed by atoms with Crippen LogP contribution in [0, 0.1) is 0 Å². The molecule has 1 fully saturated rings. The Balaban J connectivity index is 1.25. The van der Waals surface area contributed by atoms with Crippen LogP contribution in [0.1, 0.15) is 34.3 Å². The molecule has 3 aromatic rings. The van der Waals surface area contributed by atoms with Gasteiger partial charge in [-0.2, -0.15) is 0 Å². The molecule has 0 saturated heterocycles. The minimum absolute atomic E-state index is 0.214. The van der Waals surface area contributed by atoms with E-state index in [0.29, 0.717) is 23.8 Å². The average Bonchev–Trinajstić information content (AvgIpc) is 3.62. The van der Waals surface area contributed by atoms with Crippen molar-refractivity contribution in [3.8, 4) is 5.75 Å². The normalized spacial score (nSPS) is 12.6. The first kappa shape index (κ1) is 20.4. The summed E-state index contributed by atoms with van der Waals surface area (Å²) < 4.78 is 5.68. The number of aromatic nitrogens is 1. The number of hydrogen-bond acceptors (Lipinski definition) is 5. The molecule has 7 heteroatoms. The van der Waals surface area contributed by atoms with Crippen LogP contribution in [-0.2, 0) is 11.2 Å². The molecule has 0 radical (unpaired) electrons. The highest BCUT2D eigenvalue weighted by Crippen LogP contribution is 2.23. The molecule has 158 valence electrons. The second kappa shape index (κ2) is 9.75. The van der Waals surface area contributed by atoms with Crippen molar-refractivity contribution in [3.05, 3.63) is 89.6 Å². The summed E-state index contributed by atoms with van der Waals surface area (Å²) in [7, 11) is 0. The Hall–Kier alpha value is -3.87. The lowest BCUT2D eigenvalue weighted by Crippen LogP contribution is -2.43. The molecule has 4 rings (SSSR count). The SMILES string of the molecule is O=C(COc1ccccc1Cc1ccccc1)NNC(=O)c1ccc(NC2CC2)nc1. The van der Waals surface area contributed by atoms with E-state index in [1.165, 1.54) is 6.20 Å². The number of hydrazine groups is 1. The first-order chi connectivity index (χ1) is 15.2. The Kier molecular flexibility index (Phi) is 6.42. The summed E-state index contributed by atoms with van der Waals surface area (Å²) in [6.07, 6.45) is 4.47. The fraction of sp³-hybridized carbons (Fsp3) is 0.208. The van der Waals surface area contributed by atoms with E-state index in [1.54, 1.807) is 12.1 Å². The molecule has 2 aromatic carbocycles. The number of nitrogens with zero attached hydrogens (tertiary/aromatic N) is 1. The van der Waals surface area contributed by atoms with Gasteiger partial charge in [0.05, 0.1) is 5.56 Å². The van der Waals surface area contributed by atoms with Crippen LogP contribution in [0.4, 0.5) is 5.82 Å². The van der Waals surface area contributed by atoms with Gasteiger partial charge in [0.1, 0.15) is 11.6 Å². The standard InChI is InChI=1S/C24H24N4O3/c29-23(27-28-24(30)19-10-13-22(25-15-19)26-20-11-12-20)16-31-21-9-5-4-8-18(21)14-17-6-2-1-3-7-17/h1-10,13,15,20H,11-12,14,16H2,(H,25,26)(H,27,29)(H,28,30). The lowest BCUT2D eigenvalue weighted by molar-refractivity contribution is -0.123. The Labute approximate surface area is 180 Å². The van der Waals surface area contributed by atoms with Gasteiger partial charge in [-0.3, -0.25) is 20.4 Å². The Morgan fingerprint density at radius 3 is 2.45 bits per heavy atom. The molecule has 0 atom stereocenters. The molecule has 1 aliphatic carbocycles. The van der Waals surface area contributed by atoms with Gasteiger partial charge in [0.15, 0.2) is 6.61 Å². The maximum atomic E-state index is 12.2. The summed E-state index contributed by atoms with van der Waals surface area (Å²) in [5, 5.41) is 3.26. The molecular formula is C24H24N4O3. The molecule has 2 amide bonds. The number of carbonyl (C=O) groups is 2. The van der Waals surface area contributed by atoms with E-state index in [2.05, 4.69) is 21.2 Å². The summed E-state index contributed by atoms with van der Waals surface area (Å²) >= 11 is 0. The van der Waals surface area contributed by atoms with E-state index >= 15 is 0 Å².